The number of piperidine rings is 1. The van der Waals surface area contributed by atoms with Crippen LogP contribution in [-0.2, 0) is 0 Å². The SMILES string of the molecule is Cc1ccc2oc(C(=O)N3CCC(O)CC3)cc2c1. The zero-order valence-electron chi connectivity index (χ0n) is 10.9. The van der Waals surface area contributed by atoms with Crippen LogP contribution in [-0.4, -0.2) is 35.1 Å². The lowest BCUT2D eigenvalue weighted by Crippen LogP contribution is -2.39. The van der Waals surface area contributed by atoms with E-state index in [-0.39, 0.29) is 12.0 Å². The summed E-state index contributed by atoms with van der Waals surface area (Å²) in [6.07, 6.45) is 1.01. The fourth-order valence-corrected chi connectivity index (χ4v) is 2.49. The first-order valence-electron chi connectivity index (χ1n) is 6.61. The van der Waals surface area contributed by atoms with Crippen molar-refractivity contribution in [2.24, 2.45) is 0 Å². The Balaban J connectivity index is 1.85. The molecule has 1 fully saturated rings. The zero-order valence-corrected chi connectivity index (χ0v) is 10.9. The molecule has 0 spiro atoms. The molecule has 0 atom stereocenters. The molecular weight excluding hydrogens is 242 g/mol. The minimum atomic E-state index is -0.276. The molecule has 0 aliphatic carbocycles. The average molecular weight is 259 g/mol. The van der Waals surface area contributed by atoms with Gasteiger partial charge in [0.05, 0.1) is 6.10 Å². The van der Waals surface area contributed by atoms with E-state index < -0.39 is 0 Å². The molecule has 1 N–H and O–H groups in total. The average Bonchev–Trinajstić information content (AvgIpc) is 2.81. The van der Waals surface area contributed by atoms with Gasteiger partial charge < -0.3 is 14.4 Å². The molecule has 1 aromatic carbocycles. The number of aryl methyl sites for hydroxylation is 1. The number of furan rings is 1. The number of aliphatic hydroxyl groups is 1. The smallest absolute Gasteiger partial charge is 0.289 e. The second-order valence-electron chi connectivity index (χ2n) is 5.18. The first-order chi connectivity index (χ1) is 9.13. The summed E-state index contributed by atoms with van der Waals surface area (Å²) in [5.41, 5.74) is 1.89. The van der Waals surface area contributed by atoms with Gasteiger partial charge in [-0.05, 0) is 38.0 Å². The molecule has 0 radical (unpaired) electrons. The minimum absolute atomic E-state index is 0.0826. The largest absolute Gasteiger partial charge is 0.451 e. The Bertz CT molecular complexity index is 609. The van der Waals surface area contributed by atoms with E-state index >= 15 is 0 Å². The number of hydrogen-bond donors (Lipinski definition) is 1. The van der Waals surface area contributed by atoms with E-state index in [2.05, 4.69) is 0 Å². The maximum absolute atomic E-state index is 12.3. The quantitative estimate of drug-likeness (QED) is 0.855. The van der Waals surface area contributed by atoms with Crippen molar-refractivity contribution >= 4 is 16.9 Å². The Labute approximate surface area is 111 Å². The molecule has 3 rings (SSSR count). The Morgan fingerprint density at radius 3 is 2.79 bits per heavy atom. The molecule has 19 heavy (non-hydrogen) atoms. The van der Waals surface area contributed by atoms with Crippen LogP contribution in [0.25, 0.3) is 11.0 Å². The Morgan fingerprint density at radius 1 is 1.32 bits per heavy atom. The third kappa shape index (κ3) is 2.36. The molecule has 1 aromatic heterocycles. The maximum atomic E-state index is 12.3. The van der Waals surface area contributed by atoms with Gasteiger partial charge in [0.25, 0.3) is 5.91 Å². The summed E-state index contributed by atoms with van der Waals surface area (Å²) in [5, 5.41) is 10.4. The van der Waals surface area contributed by atoms with Gasteiger partial charge in [-0.2, -0.15) is 0 Å². The molecule has 4 heteroatoms. The number of carbonyl (C=O) groups excluding carboxylic acids is 1. The number of rotatable bonds is 1. The Hall–Kier alpha value is -1.81. The molecule has 2 heterocycles. The van der Waals surface area contributed by atoms with Crippen molar-refractivity contribution in [1.82, 2.24) is 4.90 Å². The highest BCUT2D eigenvalue weighted by molar-refractivity contribution is 5.96. The van der Waals surface area contributed by atoms with E-state index in [9.17, 15) is 9.90 Å². The van der Waals surface area contributed by atoms with E-state index in [1.54, 1.807) is 11.0 Å². The van der Waals surface area contributed by atoms with Crippen LogP contribution in [0.15, 0.2) is 28.7 Å². The van der Waals surface area contributed by atoms with Crippen molar-refractivity contribution < 1.29 is 14.3 Å². The number of benzene rings is 1. The molecule has 4 nitrogen and oxygen atoms in total. The molecule has 0 bridgehead atoms. The van der Waals surface area contributed by atoms with Crippen LogP contribution in [0.4, 0.5) is 0 Å². The van der Waals surface area contributed by atoms with Crippen LogP contribution < -0.4 is 0 Å². The van der Waals surface area contributed by atoms with Crippen molar-refractivity contribution in [1.29, 1.82) is 0 Å². The summed E-state index contributed by atoms with van der Waals surface area (Å²) in [6, 6.07) is 7.67. The van der Waals surface area contributed by atoms with E-state index in [1.807, 2.05) is 25.1 Å². The maximum Gasteiger partial charge on any atom is 0.289 e. The lowest BCUT2D eigenvalue weighted by Gasteiger charge is -2.28. The van der Waals surface area contributed by atoms with Crippen molar-refractivity contribution in [3.8, 4) is 0 Å². The predicted octanol–water partition coefficient (Wildman–Crippen LogP) is 2.34. The number of carbonyl (C=O) groups is 1. The monoisotopic (exact) mass is 259 g/mol. The Morgan fingerprint density at radius 2 is 2.05 bits per heavy atom. The molecule has 1 amide bonds. The van der Waals surface area contributed by atoms with Crippen molar-refractivity contribution in [3.63, 3.8) is 0 Å². The number of nitrogens with zero attached hydrogens (tertiary/aromatic N) is 1. The molecule has 2 aromatic rings. The number of likely N-dealkylation sites (tertiary alicyclic amines) is 1. The van der Waals surface area contributed by atoms with Crippen LogP contribution in [0, 0.1) is 6.92 Å². The van der Waals surface area contributed by atoms with E-state index in [4.69, 9.17) is 4.42 Å². The molecule has 1 aliphatic heterocycles. The highest BCUT2D eigenvalue weighted by atomic mass is 16.3. The van der Waals surface area contributed by atoms with Gasteiger partial charge in [0.15, 0.2) is 5.76 Å². The lowest BCUT2D eigenvalue weighted by atomic mass is 10.1. The highest BCUT2D eigenvalue weighted by Gasteiger charge is 2.24. The summed E-state index contributed by atoms with van der Waals surface area (Å²) < 4.78 is 5.61. The van der Waals surface area contributed by atoms with E-state index in [0.29, 0.717) is 31.7 Å². The highest BCUT2D eigenvalue weighted by Crippen LogP contribution is 2.22. The van der Waals surface area contributed by atoms with Crippen LogP contribution in [0.5, 0.6) is 0 Å². The second kappa shape index (κ2) is 4.70. The van der Waals surface area contributed by atoms with Crippen molar-refractivity contribution in [2.75, 3.05) is 13.1 Å². The van der Waals surface area contributed by atoms with Gasteiger partial charge in [0, 0.05) is 18.5 Å². The number of aliphatic hydroxyl groups excluding tert-OH is 1. The summed E-state index contributed by atoms with van der Waals surface area (Å²) in [4.78, 5) is 14.1. The van der Waals surface area contributed by atoms with Gasteiger partial charge >= 0.3 is 0 Å². The minimum Gasteiger partial charge on any atom is -0.451 e. The number of hydrogen-bond acceptors (Lipinski definition) is 3. The molecule has 100 valence electrons. The van der Waals surface area contributed by atoms with Gasteiger partial charge in [0.2, 0.25) is 0 Å². The van der Waals surface area contributed by atoms with Crippen LogP contribution in [0.1, 0.15) is 29.0 Å². The number of fused-ring (bicyclic) bond motifs is 1. The first kappa shape index (κ1) is 12.2. The van der Waals surface area contributed by atoms with E-state index in [0.717, 1.165) is 16.5 Å². The third-order valence-corrected chi connectivity index (χ3v) is 3.63. The topological polar surface area (TPSA) is 53.7 Å². The molecule has 1 saturated heterocycles. The normalized spacial score (nSPS) is 17.1. The molecule has 0 unspecified atom stereocenters. The molecule has 0 saturated carbocycles. The van der Waals surface area contributed by atoms with Crippen LogP contribution in [0.3, 0.4) is 0 Å². The predicted molar refractivity (Wildman–Crippen MR) is 72.1 cm³/mol. The van der Waals surface area contributed by atoms with Crippen molar-refractivity contribution in [2.45, 2.75) is 25.9 Å². The molecular formula is C15H17NO3. The lowest BCUT2D eigenvalue weighted by molar-refractivity contribution is 0.0522. The zero-order chi connectivity index (χ0) is 13.4. The van der Waals surface area contributed by atoms with Gasteiger partial charge in [-0.3, -0.25) is 4.79 Å². The first-order valence-corrected chi connectivity index (χ1v) is 6.61. The number of amides is 1. The Kier molecular flexibility index (Phi) is 3.03. The van der Waals surface area contributed by atoms with Crippen molar-refractivity contribution in [3.05, 3.63) is 35.6 Å². The summed E-state index contributed by atoms with van der Waals surface area (Å²) in [7, 11) is 0. The molecule has 1 aliphatic rings. The second-order valence-corrected chi connectivity index (χ2v) is 5.18. The van der Waals surface area contributed by atoms with Gasteiger partial charge in [-0.25, -0.2) is 0 Å². The fourth-order valence-electron chi connectivity index (χ4n) is 2.49. The summed E-state index contributed by atoms with van der Waals surface area (Å²) in [5.74, 6) is 0.303. The van der Waals surface area contributed by atoms with Gasteiger partial charge in [0.1, 0.15) is 5.58 Å². The summed E-state index contributed by atoms with van der Waals surface area (Å²) >= 11 is 0. The fraction of sp³-hybridized carbons (Fsp3) is 0.400. The standard InChI is InChI=1S/C15H17NO3/c1-10-2-3-13-11(8-10)9-14(19-13)15(18)16-6-4-12(17)5-7-16/h2-3,8-9,12,17H,4-7H2,1H3. The third-order valence-electron chi connectivity index (χ3n) is 3.63. The van der Waals surface area contributed by atoms with Crippen LogP contribution >= 0.6 is 0 Å². The van der Waals surface area contributed by atoms with E-state index in [1.165, 1.54) is 0 Å². The van der Waals surface area contributed by atoms with Gasteiger partial charge in [-0.15, -0.1) is 0 Å². The van der Waals surface area contributed by atoms with Crippen LogP contribution in [0.2, 0.25) is 0 Å². The van der Waals surface area contributed by atoms with Gasteiger partial charge in [-0.1, -0.05) is 11.6 Å². The summed E-state index contributed by atoms with van der Waals surface area (Å²) in [6.45, 7) is 3.20.